The molecule has 0 spiro atoms. The van der Waals surface area contributed by atoms with Gasteiger partial charge in [-0.2, -0.15) is 0 Å². The highest BCUT2D eigenvalue weighted by Gasteiger charge is 2.08. The fraction of sp³-hybridized carbons (Fsp3) is 0.733. The zero-order valence-electron chi connectivity index (χ0n) is 14.5. The van der Waals surface area contributed by atoms with Crippen LogP contribution < -0.4 is 16.0 Å². The predicted molar refractivity (Wildman–Crippen MR) is 102 cm³/mol. The fourth-order valence-corrected chi connectivity index (χ4v) is 1.71. The van der Waals surface area contributed by atoms with Gasteiger partial charge in [-0.3, -0.25) is 0 Å². The third-order valence-corrected chi connectivity index (χ3v) is 2.86. The summed E-state index contributed by atoms with van der Waals surface area (Å²) in [6, 6.07) is 0. The van der Waals surface area contributed by atoms with Crippen LogP contribution in [0.3, 0.4) is 0 Å². The molecule has 0 aliphatic rings. The number of guanidine groups is 1. The smallest absolute Gasteiger partial charge is 0.216 e. The molecule has 1 aromatic heterocycles. The Balaban J connectivity index is 0.00000441. The Bertz CT molecular complexity index is 445. The molecule has 22 heavy (non-hydrogen) atoms. The molecule has 0 radical (unpaired) electrons. The van der Waals surface area contributed by atoms with Gasteiger partial charge in [0.1, 0.15) is 12.3 Å². The van der Waals surface area contributed by atoms with Crippen molar-refractivity contribution in [3.8, 4) is 0 Å². The molecule has 7 heteroatoms. The number of aliphatic imine (C=N–C) groups is 1. The zero-order chi connectivity index (χ0) is 15.9. The maximum absolute atomic E-state index is 5.53. The van der Waals surface area contributed by atoms with Crippen molar-refractivity contribution < 1.29 is 4.42 Å². The van der Waals surface area contributed by atoms with Crippen LogP contribution in [-0.4, -0.2) is 36.1 Å². The molecule has 1 rings (SSSR count). The second-order valence-electron chi connectivity index (χ2n) is 6.05. The number of nitrogens with one attached hydrogen (secondary N) is 3. The molecule has 3 N–H and O–H groups in total. The minimum Gasteiger partial charge on any atom is -0.444 e. The SMILES string of the molecule is CCNC(=NCc1nc(C)c(C)o1)NCCNC(C)(C)C.I. The largest absolute Gasteiger partial charge is 0.444 e. The monoisotopic (exact) mass is 423 g/mol. The van der Waals surface area contributed by atoms with E-state index in [-0.39, 0.29) is 29.5 Å². The molecule has 0 fully saturated rings. The number of nitrogens with zero attached hydrogens (tertiary/aromatic N) is 2. The molecule has 1 heterocycles. The van der Waals surface area contributed by atoms with E-state index in [0.717, 1.165) is 37.0 Å². The lowest BCUT2D eigenvalue weighted by molar-refractivity contribution is 0.428. The van der Waals surface area contributed by atoms with Crippen molar-refractivity contribution in [1.29, 1.82) is 0 Å². The Hall–Kier alpha value is -0.830. The number of hydrogen-bond acceptors (Lipinski definition) is 4. The van der Waals surface area contributed by atoms with Crippen LogP contribution in [-0.2, 0) is 6.54 Å². The third kappa shape index (κ3) is 8.57. The van der Waals surface area contributed by atoms with E-state index in [2.05, 4.69) is 46.7 Å². The molecule has 0 atom stereocenters. The van der Waals surface area contributed by atoms with E-state index in [1.807, 2.05) is 20.8 Å². The summed E-state index contributed by atoms with van der Waals surface area (Å²) < 4.78 is 5.53. The van der Waals surface area contributed by atoms with Gasteiger partial charge in [0, 0.05) is 25.2 Å². The highest BCUT2D eigenvalue weighted by Crippen LogP contribution is 2.08. The van der Waals surface area contributed by atoms with Crippen LogP contribution in [0.2, 0.25) is 0 Å². The maximum atomic E-state index is 5.53. The van der Waals surface area contributed by atoms with Gasteiger partial charge < -0.3 is 20.4 Å². The molecular formula is C15H30IN5O. The Morgan fingerprint density at radius 3 is 2.36 bits per heavy atom. The van der Waals surface area contributed by atoms with Crippen molar-refractivity contribution in [2.45, 2.75) is 53.6 Å². The summed E-state index contributed by atoms with van der Waals surface area (Å²) >= 11 is 0. The first kappa shape index (κ1) is 21.2. The Labute approximate surface area is 151 Å². The normalized spacial score (nSPS) is 12.0. The number of rotatable bonds is 6. The molecule has 0 aliphatic carbocycles. The summed E-state index contributed by atoms with van der Waals surface area (Å²) in [5.41, 5.74) is 1.05. The number of halogens is 1. The molecule has 0 saturated carbocycles. The summed E-state index contributed by atoms with van der Waals surface area (Å²) in [7, 11) is 0. The first-order valence-corrected chi connectivity index (χ1v) is 7.52. The zero-order valence-corrected chi connectivity index (χ0v) is 16.9. The van der Waals surface area contributed by atoms with E-state index in [4.69, 9.17) is 4.42 Å². The van der Waals surface area contributed by atoms with E-state index in [9.17, 15) is 0 Å². The van der Waals surface area contributed by atoms with Gasteiger partial charge in [-0.1, -0.05) is 0 Å². The molecular weight excluding hydrogens is 393 g/mol. The Morgan fingerprint density at radius 2 is 1.86 bits per heavy atom. The molecule has 0 aliphatic heterocycles. The van der Waals surface area contributed by atoms with E-state index in [1.165, 1.54) is 0 Å². The summed E-state index contributed by atoms with van der Waals surface area (Å²) in [5, 5.41) is 9.93. The second kappa shape index (κ2) is 10.0. The summed E-state index contributed by atoms with van der Waals surface area (Å²) in [5.74, 6) is 2.28. The summed E-state index contributed by atoms with van der Waals surface area (Å²) in [6.45, 7) is 15.3. The average Bonchev–Trinajstić information content (AvgIpc) is 2.70. The van der Waals surface area contributed by atoms with Gasteiger partial charge >= 0.3 is 0 Å². The van der Waals surface area contributed by atoms with Crippen molar-refractivity contribution in [2.24, 2.45) is 4.99 Å². The van der Waals surface area contributed by atoms with Crippen LogP contribution in [0.4, 0.5) is 0 Å². The van der Waals surface area contributed by atoms with Crippen LogP contribution in [0.15, 0.2) is 9.41 Å². The third-order valence-electron chi connectivity index (χ3n) is 2.86. The first-order chi connectivity index (χ1) is 9.81. The van der Waals surface area contributed by atoms with Crippen LogP contribution >= 0.6 is 24.0 Å². The molecule has 0 bridgehead atoms. The van der Waals surface area contributed by atoms with E-state index < -0.39 is 0 Å². The van der Waals surface area contributed by atoms with Gasteiger partial charge in [0.25, 0.3) is 0 Å². The molecule has 128 valence electrons. The molecule has 6 nitrogen and oxygen atoms in total. The van der Waals surface area contributed by atoms with Gasteiger partial charge in [0.15, 0.2) is 5.96 Å². The highest BCUT2D eigenvalue weighted by molar-refractivity contribution is 14.0. The second-order valence-corrected chi connectivity index (χ2v) is 6.05. The van der Waals surface area contributed by atoms with E-state index in [0.29, 0.717) is 12.4 Å². The van der Waals surface area contributed by atoms with Gasteiger partial charge in [0.2, 0.25) is 5.89 Å². The minimum atomic E-state index is 0. The van der Waals surface area contributed by atoms with Crippen LogP contribution in [0.25, 0.3) is 0 Å². The lowest BCUT2D eigenvalue weighted by Gasteiger charge is -2.21. The van der Waals surface area contributed by atoms with Gasteiger partial charge in [-0.05, 0) is 41.5 Å². The van der Waals surface area contributed by atoms with Gasteiger partial charge in [0.05, 0.1) is 5.69 Å². The van der Waals surface area contributed by atoms with Gasteiger partial charge in [-0.25, -0.2) is 9.98 Å². The fourth-order valence-electron chi connectivity index (χ4n) is 1.71. The molecule has 0 aromatic carbocycles. The summed E-state index contributed by atoms with van der Waals surface area (Å²) in [6.07, 6.45) is 0. The molecule has 0 amide bonds. The molecule has 0 saturated heterocycles. The minimum absolute atomic E-state index is 0. The van der Waals surface area contributed by atoms with Crippen molar-refractivity contribution in [3.05, 3.63) is 17.3 Å². The molecule has 0 unspecified atom stereocenters. The highest BCUT2D eigenvalue weighted by atomic mass is 127. The lowest BCUT2D eigenvalue weighted by Crippen LogP contribution is -2.44. The lowest BCUT2D eigenvalue weighted by atomic mass is 10.1. The first-order valence-electron chi connectivity index (χ1n) is 7.52. The van der Waals surface area contributed by atoms with Crippen molar-refractivity contribution in [3.63, 3.8) is 0 Å². The number of aryl methyl sites for hydroxylation is 2. The van der Waals surface area contributed by atoms with Crippen molar-refractivity contribution in [2.75, 3.05) is 19.6 Å². The van der Waals surface area contributed by atoms with E-state index >= 15 is 0 Å². The number of oxazole rings is 1. The standard InChI is InChI=1S/C15H29N5O.HI/c1-7-16-14(17-8-9-19-15(4,5)6)18-10-13-20-11(2)12(3)21-13;/h19H,7-10H2,1-6H3,(H2,16,17,18);1H. The Kier molecular flexibility index (Phi) is 9.66. The summed E-state index contributed by atoms with van der Waals surface area (Å²) in [4.78, 5) is 8.81. The van der Waals surface area contributed by atoms with Crippen molar-refractivity contribution in [1.82, 2.24) is 20.9 Å². The Morgan fingerprint density at radius 1 is 1.18 bits per heavy atom. The molecule has 1 aromatic rings. The van der Waals surface area contributed by atoms with Crippen LogP contribution in [0.1, 0.15) is 45.0 Å². The van der Waals surface area contributed by atoms with E-state index in [1.54, 1.807) is 0 Å². The maximum Gasteiger partial charge on any atom is 0.216 e. The topological polar surface area (TPSA) is 74.5 Å². The van der Waals surface area contributed by atoms with Crippen LogP contribution in [0.5, 0.6) is 0 Å². The quantitative estimate of drug-likeness (QED) is 0.284. The predicted octanol–water partition coefficient (Wildman–Crippen LogP) is 2.35. The van der Waals surface area contributed by atoms with Crippen molar-refractivity contribution >= 4 is 29.9 Å². The van der Waals surface area contributed by atoms with Crippen LogP contribution in [0, 0.1) is 13.8 Å². The number of aromatic nitrogens is 1. The average molecular weight is 423 g/mol. The number of hydrogen-bond donors (Lipinski definition) is 3. The van der Waals surface area contributed by atoms with Gasteiger partial charge in [-0.15, -0.1) is 24.0 Å².